The molecule has 0 saturated carbocycles. The molecular formula is C18H28N2O. The third-order valence-electron chi connectivity index (χ3n) is 4.44. The molecule has 1 heterocycles. The van der Waals surface area contributed by atoms with Gasteiger partial charge in [-0.1, -0.05) is 51.5 Å². The van der Waals surface area contributed by atoms with Crippen LogP contribution in [0.5, 0.6) is 0 Å². The Morgan fingerprint density at radius 2 is 2.05 bits per heavy atom. The molecule has 116 valence electrons. The molecule has 0 aromatic heterocycles. The van der Waals surface area contributed by atoms with Gasteiger partial charge in [-0.25, -0.2) is 0 Å². The first kappa shape index (κ1) is 16.0. The van der Waals surface area contributed by atoms with Crippen molar-refractivity contribution in [1.29, 1.82) is 0 Å². The number of nitrogens with one attached hydrogen (secondary N) is 1. The zero-order chi connectivity index (χ0) is 15.2. The Labute approximate surface area is 128 Å². The Hall–Kier alpha value is -1.35. The zero-order valence-electron chi connectivity index (χ0n) is 13.6. The van der Waals surface area contributed by atoms with E-state index in [1.807, 2.05) is 0 Å². The summed E-state index contributed by atoms with van der Waals surface area (Å²) in [6.45, 7) is 8.93. The average Bonchev–Trinajstić information content (AvgIpc) is 2.54. The summed E-state index contributed by atoms with van der Waals surface area (Å²) in [7, 11) is 0. The number of rotatable bonds is 5. The first-order chi connectivity index (χ1) is 10.2. The van der Waals surface area contributed by atoms with E-state index in [0.717, 1.165) is 38.9 Å². The largest absolute Gasteiger partial charge is 0.333 e. The van der Waals surface area contributed by atoms with Gasteiger partial charge in [0.25, 0.3) is 0 Å². The molecule has 1 aromatic carbocycles. The molecule has 1 aliphatic heterocycles. The number of benzene rings is 1. The van der Waals surface area contributed by atoms with Gasteiger partial charge in [-0.3, -0.25) is 4.79 Å². The van der Waals surface area contributed by atoms with Gasteiger partial charge in [0.2, 0.25) is 5.91 Å². The third kappa shape index (κ3) is 3.85. The van der Waals surface area contributed by atoms with Gasteiger partial charge >= 0.3 is 0 Å². The SMILES string of the molecule is CCCC(C)C(=O)N1CCNCC1c1ccc(CC)cc1. The van der Waals surface area contributed by atoms with E-state index in [0.29, 0.717) is 5.91 Å². The molecule has 1 aromatic rings. The van der Waals surface area contributed by atoms with Gasteiger partial charge in [-0.15, -0.1) is 0 Å². The molecule has 2 unspecified atom stereocenters. The van der Waals surface area contributed by atoms with E-state index in [-0.39, 0.29) is 12.0 Å². The highest BCUT2D eigenvalue weighted by molar-refractivity contribution is 5.79. The van der Waals surface area contributed by atoms with Crippen molar-refractivity contribution in [1.82, 2.24) is 10.2 Å². The summed E-state index contributed by atoms with van der Waals surface area (Å²) in [5.41, 5.74) is 2.59. The second-order valence-electron chi connectivity index (χ2n) is 6.04. The minimum absolute atomic E-state index is 0.130. The van der Waals surface area contributed by atoms with Crippen molar-refractivity contribution in [2.45, 2.75) is 46.1 Å². The highest BCUT2D eigenvalue weighted by atomic mass is 16.2. The molecular weight excluding hydrogens is 260 g/mol. The van der Waals surface area contributed by atoms with Gasteiger partial charge in [0.05, 0.1) is 6.04 Å². The van der Waals surface area contributed by atoms with Crippen LogP contribution in [0.3, 0.4) is 0 Å². The van der Waals surface area contributed by atoms with Crippen molar-refractivity contribution in [3.8, 4) is 0 Å². The van der Waals surface area contributed by atoms with Crippen LogP contribution in [0.1, 0.15) is 50.8 Å². The van der Waals surface area contributed by atoms with Crippen LogP contribution in [0.25, 0.3) is 0 Å². The highest BCUT2D eigenvalue weighted by Crippen LogP contribution is 2.25. The fraction of sp³-hybridized carbons (Fsp3) is 0.611. The molecule has 3 heteroatoms. The molecule has 0 spiro atoms. The standard InChI is InChI=1S/C18H28N2O/c1-4-6-14(3)18(21)20-12-11-19-13-17(20)16-9-7-15(5-2)8-10-16/h7-10,14,17,19H,4-6,11-13H2,1-3H3. The minimum Gasteiger partial charge on any atom is -0.333 e. The maximum Gasteiger partial charge on any atom is 0.226 e. The summed E-state index contributed by atoms with van der Waals surface area (Å²) in [6, 6.07) is 8.91. The normalized spacial score (nSPS) is 20.3. The first-order valence-corrected chi connectivity index (χ1v) is 8.27. The fourth-order valence-corrected chi connectivity index (χ4v) is 3.08. The zero-order valence-corrected chi connectivity index (χ0v) is 13.6. The molecule has 1 fully saturated rings. The third-order valence-corrected chi connectivity index (χ3v) is 4.44. The van der Waals surface area contributed by atoms with Crippen molar-refractivity contribution >= 4 is 5.91 Å². The molecule has 0 aliphatic carbocycles. The van der Waals surface area contributed by atoms with E-state index in [9.17, 15) is 4.79 Å². The maximum atomic E-state index is 12.7. The van der Waals surface area contributed by atoms with Crippen LogP contribution in [0.15, 0.2) is 24.3 Å². The Morgan fingerprint density at radius 3 is 2.67 bits per heavy atom. The van der Waals surface area contributed by atoms with Crippen LogP contribution in [0, 0.1) is 5.92 Å². The monoisotopic (exact) mass is 288 g/mol. The number of carbonyl (C=O) groups excluding carboxylic acids is 1. The van der Waals surface area contributed by atoms with Crippen LogP contribution in [-0.4, -0.2) is 30.4 Å². The number of aryl methyl sites for hydroxylation is 1. The van der Waals surface area contributed by atoms with Crippen molar-refractivity contribution in [3.05, 3.63) is 35.4 Å². The van der Waals surface area contributed by atoms with Crippen LogP contribution in [0.4, 0.5) is 0 Å². The van der Waals surface area contributed by atoms with Gasteiger partial charge in [-0.2, -0.15) is 0 Å². The Morgan fingerprint density at radius 1 is 1.33 bits per heavy atom. The lowest BCUT2D eigenvalue weighted by atomic mass is 9.98. The van der Waals surface area contributed by atoms with Crippen LogP contribution in [-0.2, 0) is 11.2 Å². The topological polar surface area (TPSA) is 32.3 Å². The Balaban J connectivity index is 2.15. The fourth-order valence-electron chi connectivity index (χ4n) is 3.08. The molecule has 2 rings (SSSR count). The Kier molecular flexibility index (Phi) is 5.80. The van der Waals surface area contributed by atoms with E-state index in [1.54, 1.807) is 0 Å². The molecule has 0 bridgehead atoms. The lowest BCUT2D eigenvalue weighted by Gasteiger charge is -2.38. The number of hydrogen-bond acceptors (Lipinski definition) is 2. The number of nitrogens with zero attached hydrogens (tertiary/aromatic N) is 1. The molecule has 1 aliphatic rings. The first-order valence-electron chi connectivity index (χ1n) is 8.27. The maximum absolute atomic E-state index is 12.7. The van der Waals surface area contributed by atoms with E-state index in [4.69, 9.17) is 0 Å². The van der Waals surface area contributed by atoms with E-state index < -0.39 is 0 Å². The summed E-state index contributed by atoms with van der Waals surface area (Å²) in [5, 5.41) is 3.42. The predicted molar refractivity (Wildman–Crippen MR) is 87.2 cm³/mol. The summed E-state index contributed by atoms with van der Waals surface area (Å²) >= 11 is 0. The molecule has 3 nitrogen and oxygen atoms in total. The van der Waals surface area contributed by atoms with Crippen LogP contribution < -0.4 is 5.32 Å². The lowest BCUT2D eigenvalue weighted by Crippen LogP contribution is -2.50. The lowest BCUT2D eigenvalue weighted by molar-refractivity contribution is -0.138. The molecule has 21 heavy (non-hydrogen) atoms. The van der Waals surface area contributed by atoms with Gasteiger partial charge in [0, 0.05) is 25.6 Å². The average molecular weight is 288 g/mol. The molecule has 1 amide bonds. The predicted octanol–water partition coefficient (Wildman–Crippen LogP) is 3.16. The van der Waals surface area contributed by atoms with Gasteiger partial charge in [0.15, 0.2) is 0 Å². The van der Waals surface area contributed by atoms with Gasteiger partial charge in [-0.05, 0) is 24.0 Å². The molecule has 0 radical (unpaired) electrons. The summed E-state index contributed by atoms with van der Waals surface area (Å²) < 4.78 is 0. The summed E-state index contributed by atoms with van der Waals surface area (Å²) in [4.78, 5) is 14.8. The van der Waals surface area contributed by atoms with E-state index in [2.05, 4.69) is 55.3 Å². The second kappa shape index (κ2) is 7.60. The molecule has 1 N–H and O–H groups in total. The highest BCUT2D eigenvalue weighted by Gasteiger charge is 2.30. The number of piperazine rings is 1. The minimum atomic E-state index is 0.130. The van der Waals surface area contributed by atoms with E-state index in [1.165, 1.54) is 11.1 Å². The van der Waals surface area contributed by atoms with Crippen molar-refractivity contribution in [3.63, 3.8) is 0 Å². The second-order valence-corrected chi connectivity index (χ2v) is 6.04. The van der Waals surface area contributed by atoms with Crippen molar-refractivity contribution in [2.24, 2.45) is 5.92 Å². The smallest absolute Gasteiger partial charge is 0.226 e. The van der Waals surface area contributed by atoms with E-state index >= 15 is 0 Å². The van der Waals surface area contributed by atoms with Crippen molar-refractivity contribution in [2.75, 3.05) is 19.6 Å². The summed E-state index contributed by atoms with van der Waals surface area (Å²) in [6.07, 6.45) is 3.10. The Bertz CT molecular complexity index is 455. The van der Waals surface area contributed by atoms with Gasteiger partial charge < -0.3 is 10.2 Å². The van der Waals surface area contributed by atoms with Gasteiger partial charge in [0.1, 0.15) is 0 Å². The number of hydrogen-bond donors (Lipinski definition) is 1. The van der Waals surface area contributed by atoms with Crippen LogP contribution >= 0.6 is 0 Å². The number of amides is 1. The molecule has 1 saturated heterocycles. The molecule has 2 atom stereocenters. The van der Waals surface area contributed by atoms with Crippen molar-refractivity contribution < 1.29 is 4.79 Å². The van der Waals surface area contributed by atoms with Crippen LogP contribution in [0.2, 0.25) is 0 Å². The number of carbonyl (C=O) groups is 1. The summed E-state index contributed by atoms with van der Waals surface area (Å²) in [5.74, 6) is 0.438. The quantitative estimate of drug-likeness (QED) is 0.902.